The number of hydrogen-bond donors (Lipinski definition) is 1. The van der Waals surface area contributed by atoms with Crippen molar-refractivity contribution < 1.29 is 0 Å². The molecule has 0 saturated carbocycles. The molecule has 0 aliphatic rings. The highest BCUT2D eigenvalue weighted by molar-refractivity contribution is 5.16. The number of nitrogens with one attached hydrogen (secondary N) is 1. The van der Waals surface area contributed by atoms with Gasteiger partial charge in [0.25, 0.3) is 0 Å². The van der Waals surface area contributed by atoms with Gasteiger partial charge in [-0.2, -0.15) is 0 Å². The van der Waals surface area contributed by atoms with Crippen LogP contribution < -0.4 is 5.32 Å². The van der Waals surface area contributed by atoms with Gasteiger partial charge in [-0.15, -0.1) is 0 Å². The van der Waals surface area contributed by atoms with E-state index in [4.69, 9.17) is 0 Å². The van der Waals surface area contributed by atoms with Gasteiger partial charge in [-0.05, 0) is 56.8 Å². The van der Waals surface area contributed by atoms with Crippen LogP contribution in [0.25, 0.3) is 0 Å². The zero-order valence-corrected chi connectivity index (χ0v) is 13.2. The number of aryl methyl sites for hydroxylation is 2. The molecule has 0 aliphatic heterocycles. The van der Waals surface area contributed by atoms with Crippen molar-refractivity contribution in [3.63, 3.8) is 0 Å². The highest BCUT2D eigenvalue weighted by atomic mass is 14.9. The topological polar surface area (TPSA) is 24.9 Å². The predicted octanol–water partition coefficient (Wildman–Crippen LogP) is 4.45. The van der Waals surface area contributed by atoms with Gasteiger partial charge in [-0.25, -0.2) is 0 Å². The Morgan fingerprint density at radius 1 is 1.05 bits per heavy atom. The third-order valence-corrected chi connectivity index (χ3v) is 3.71. The van der Waals surface area contributed by atoms with Crippen LogP contribution in [0.15, 0.2) is 48.5 Å². The van der Waals surface area contributed by atoms with Crippen molar-refractivity contribution in [2.75, 3.05) is 6.54 Å². The van der Waals surface area contributed by atoms with Gasteiger partial charge >= 0.3 is 0 Å². The van der Waals surface area contributed by atoms with Crippen LogP contribution in [0, 0.1) is 6.92 Å². The molecule has 2 rings (SSSR count). The monoisotopic (exact) mass is 282 g/mol. The first-order valence-corrected chi connectivity index (χ1v) is 8.00. The van der Waals surface area contributed by atoms with Gasteiger partial charge < -0.3 is 5.32 Å². The molecule has 2 nitrogen and oxygen atoms in total. The number of hydrogen-bond acceptors (Lipinski definition) is 2. The van der Waals surface area contributed by atoms with Crippen molar-refractivity contribution in [3.8, 4) is 0 Å². The Kier molecular flexibility index (Phi) is 6.42. The van der Waals surface area contributed by atoms with E-state index in [1.165, 1.54) is 17.7 Å². The van der Waals surface area contributed by atoms with E-state index < -0.39 is 0 Å². The van der Waals surface area contributed by atoms with Gasteiger partial charge in [0.05, 0.1) is 5.69 Å². The van der Waals surface area contributed by atoms with Crippen LogP contribution in [0.1, 0.15) is 49.2 Å². The standard InChI is InChI=1S/C19H26N2/c1-3-15-20-18(19-14-7-9-16(2)21-19)13-8-12-17-10-5-4-6-11-17/h4-7,9-11,14,18,20H,3,8,12-13,15H2,1-2H3. The summed E-state index contributed by atoms with van der Waals surface area (Å²) in [6.45, 7) is 5.31. The zero-order valence-electron chi connectivity index (χ0n) is 13.2. The fourth-order valence-electron chi connectivity index (χ4n) is 2.59. The van der Waals surface area contributed by atoms with Crippen molar-refractivity contribution >= 4 is 0 Å². The summed E-state index contributed by atoms with van der Waals surface area (Å²) in [6.07, 6.45) is 4.60. The van der Waals surface area contributed by atoms with Gasteiger partial charge in [0.15, 0.2) is 0 Å². The average molecular weight is 282 g/mol. The number of aromatic nitrogens is 1. The maximum absolute atomic E-state index is 4.69. The number of pyridine rings is 1. The molecule has 0 spiro atoms. The molecule has 1 heterocycles. The van der Waals surface area contributed by atoms with E-state index in [2.05, 4.69) is 72.7 Å². The van der Waals surface area contributed by atoms with Gasteiger partial charge in [-0.3, -0.25) is 4.98 Å². The molecule has 1 atom stereocenters. The summed E-state index contributed by atoms with van der Waals surface area (Å²) in [6, 6.07) is 17.4. The SMILES string of the molecule is CCCNC(CCCc1ccccc1)c1cccc(C)n1. The van der Waals surface area contributed by atoms with Crippen molar-refractivity contribution in [1.29, 1.82) is 0 Å². The van der Waals surface area contributed by atoms with Crippen LogP contribution in [-0.2, 0) is 6.42 Å². The minimum absolute atomic E-state index is 0.369. The molecular weight excluding hydrogens is 256 g/mol. The van der Waals surface area contributed by atoms with E-state index in [1.54, 1.807) is 0 Å². The fraction of sp³-hybridized carbons (Fsp3) is 0.421. The first-order valence-electron chi connectivity index (χ1n) is 8.00. The zero-order chi connectivity index (χ0) is 14.9. The second kappa shape index (κ2) is 8.58. The summed E-state index contributed by atoms with van der Waals surface area (Å²) in [7, 11) is 0. The van der Waals surface area contributed by atoms with Crippen molar-refractivity contribution in [1.82, 2.24) is 10.3 Å². The third-order valence-electron chi connectivity index (χ3n) is 3.71. The van der Waals surface area contributed by atoms with E-state index >= 15 is 0 Å². The third kappa shape index (κ3) is 5.31. The maximum atomic E-state index is 4.69. The first-order chi connectivity index (χ1) is 10.3. The van der Waals surface area contributed by atoms with Gasteiger partial charge in [-0.1, -0.05) is 43.3 Å². The highest BCUT2D eigenvalue weighted by Crippen LogP contribution is 2.18. The van der Waals surface area contributed by atoms with Crippen LogP contribution in [0.2, 0.25) is 0 Å². The van der Waals surface area contributed by atoms with Crippen LogP contribution >= 0.6 is 0 Å². The lowest BCUT2D eigenvalue weighted by Crippen LogP contribution is -2.23. The summed E-state index contributed by atoms with van der Waals surface area (Å²) in [5, 5.41) is 3.64. The summed E-state index contributed by atoms with van der Waals surface area (Å²) in [5.41, 5.74) is 3.69. The lowest BCUT2D eigenvalue weighted by Gasteiger charge is -2.18. The molecule has 0 amide bonds. The van der Waals surface area contributed by atoms with Crippen LogP contribution in [-0.4, -0.2) is 11.5 Å². The molecule has 1 aromatic heterocycles. The molecule has 0 bridgehead atoms. The first kappa shape index (κ1) is 15.7. The molecule has 1 unspecified atom stereocenters. The largest absolute Gasteiger partial charge is 0.309 e. The highest BCUT2D eigenvalue weighted by Gasteiger charge is 2.11. The molecule has 0 aliphatic carbocycles. The lowest BCUT2D eigenvalue weighted by molar-refractivity contribution is 0.474. The normalized spacial score (nSPS) is 12.3. The fourth-order valence-corrected chi connectivity index (χ4v) is 2.59. The van der Waals surface area contributed by atoms with Gasteiger partial charge in [0.2, 0.25) is 0 Å². The Labute approximate surface area is 128 Å². The molecule has 0 radical (unpaired) electrons. The summed E-state index contributed by atoms with van der Waals surface area (Å²) in [5.74, 6) is 0. The number of rotatable bonds is 8. The Morgan fingerprint density at radius 2 is 1.86 bits per heavy atom. The van der Waals surface area contributed by atoms with E-state index in [0.717, 1.165) is 31.5 Å². The number of nitrogens with zero attached hydrogens (tertiary/aromatic N) is 1. The van der Waals surface area contributed by atoms with E-state index in [0.29, 0.717) is 6.04 Å². The van der Waals surface area contributed by atoms with Gasteiger partial charge in [0, 0.05) is 11.7 Å². The Morgan fingerprint density at radius 3 is 2.57 bits per heavy atom. The predicted molar refractivity (Wildman–Crippen MR) is 89.4 cm³/mol. The van der Waals surface area contributed by atoms with E-state index in [9.17, 15) is 0 Å². The minimum atomic E-state index is 0.369. The van der Waals surface area contributed by atoms with Crippen LogP contribution in [0.4, 0.5) is 0 Å². The van der Waals surface area contributed by atoms with Crippen molar-refractivity contribution in [2.24, 2.45) is 0 Å². The maximum Gasteiger partial charge on any atom is 0.0576 e. The van der Waals surface area contributed by atoms with E-state index in [-0.39, 0.29) is 0 Å². The lowest BCUT2D eigenvalue weighted by atomic mass is 10.0. The molecular formula is C19H26N2. The summed E-state index contributed by atoms with van der Waals surface area (Å²) in [4.78, 5) is 4.69. The summed E-state index contributed by atoms with van der Waals surface area (Å²) < 4.78 is 0. The Balaban J connectivity index is 1.93. The second-order valence-electron chi connectivity index (χ2n) is 5.59. The molecule has 0 saturated heterocycles. The van der Waals surface area contributed by atoms with Crippen molar-refractivity contribution in [3.05, 3.63) is 65.5 Å². The summed E-state index contributed by atoms with van der Waals surface area (Å²) >= 11 is 0. The smallest absolute Gasteiger partial charge is 0.0576 e. The number of benzene rings is 1. The van der Waals surface area contributed by atoms with Crippen LogP contribution in [0.3, 0.4) is 0 Å². The quantitative estimate of drug-likeness (QED) is 0.773. The average Bonchev–Trinajstić information content (AvgIpc) is 2.51. The minimum Gasteiger partial charge on any atom is -0.309 e. The van der Waals surface area contributed by atoms with Crippen molar-refractivity contribution in [2.45, 2.75) is 45.6 Å². The molecule has 1 N–H and O–H groups in total. The molecule has 0 fully saturated rings. The van der Waals surface area contributed by atoms with Gasteiger partial charge in [0.1, 0.15) is 0 Å². The molecule has 21 heavy (non-hydrogen) atoms. The molecule has 112 valence electrons. The van der Waals surface area contributed by atoms with Crippen LogP contribution in [0.5, 0.6) is 0 Å². The Bertz CT molecular complexity index is 522. The second-order valence-corrected chi connectivity index (χ2v) is 5.59. The Hall–Kier alpha value is -1.67. The molecule has 2 aromatic rings. The van der Waals surface area contributed by atoms with E-state index in [1.807, 2.05) is 0 Å². The molecule has 1 aromatic carbocycles. The molecule has 2 heteroatoms.